The molecular weight excluding hydrogens is 870 g/mol. The molecule has 342 valence electrons. The number of nitrogens with one attached hydrogen (secondary N) is 1. The maximum absolute atomic E-state index is 13.8. The van der Waals surface area contributed by atoms with Crippen LogP contribution >= 0.6 is 19.9 Å². The summed E-state index contributed by atoms with van der Waals surface area (Å²) in [7, 11) is 4.58. The Kier molecular flexibility index (Phi) is 15.4. The van der Waals surface area contributed by atoms with Crippen LogP contribution in [0.2, 0.25) is 0 Å². The standard InChI is InChI=1S/C48H54N5O10PS/c1-30(2)53(31(3)4)64(61-24-12-23-49)63-41-27-44(52-28-37(45(54)51-47(52)55)46-50-38-25-39(58-7)40(59-8)26-43(38)65-46)62-42(41)29-60-48(32-13-10-9-11-14-32,33-15-19-35(56-5)20-16-33)34-17-21-36(57-6)22-18-34/h9-11,13-22,25-26,28,30-31,41-42,44H,12,24,27,29H2,1-8H3,(H,51,54,55)/t41-,42+,44+,64?/m0/s1. The number of hydrogen-bond acceptors (Lipinski definition) is 14. The topological polar surface area (TPSA) is 169 Å². The molecule has 0 bridgehead atoms. The Morgan fingerprint density at radius 1 is 0.877 bits per heavy atom. The molecule has 2 aromatic heterocycles. The van der Waals surface area contributed by atoms with E-state index in [2.05, 4.69) is 43.4 Å². The Bertz CT molecular complexity index is 2590. The highest BCUT2D eigenvalue weighted by Gasteiger charge is 2.45. The van der Waals surface area contributed by atoms with Crippen molar-refractivity contribution in [1.82, 2.24) is 19.2 Å². The van der Waals surface area contributed by atoms with Crippen LogP contribution in [0.25, 0.3) is 20.8 Å². The zero-order valence-electron chi connectivity index (χ0n) is 37.7. The van der Waals surface area contributed by atoms with E-state index in [0.717, 1.165) is 21.4 Å². The number of hydrogen-bond donors (Lipinski definition) is 1. The first-order chi connectivity index (χ1) is 31.4. The maximum Gasteiger partial charge on any atom is 0.330 e. The number of aromatic amines is 1. The molecule has 1 aliphatic heterocycles. The molecule has 1 N–H and O–H groups in total. The largest absolute Gasteiger partial charge is 0.497 e. The predicted octanol–water partition coefficient (Wildman–Crippen LogP) is 8.81. The van der Waals surface area contributed by atoms with E-state index < -0.39 is 43.8 Å². The summed E-state index contributed by atoms with van der Waals surface area (Å²) in [5.41, 5.74) is 0.819. The summed E-state index contributed by atoms with van der Waals surface area (Å²) in [5, 5.41) is 9.84. The van der Waals surface area contributed by atoms with Gasteiger partial charge in [0, 0.05) is 36.8 Å². The Morgan fingerprint density at radius 2 is 1.48 bits per heavy atom. The van der Waals surface area contributed by atoms with E-state index in [9.17, 15) is 14.9 Å². The van der Waals surface area contributed by atoms with Gasteiger partial charge in [0.15, 0.2) is 11.5 Å². The van der Waals surface area contributed by atoms with E-state index in [-0.39, 0.29) is 43.7 Å². The molecule has 0 spiro atoms. The molecule has 3 heterocycles. The van der Waals surface area contributed by atoms with Gasteiger partial charge in [-0.1, -0.05) is 54.6 Å². The maximum atomic E-state index is 13.8. The lowest BCUT2D eigenvalue weighted by atomic mass is 9.80. The van der Waals surface area contributed by atoms with Gasteiger partial charge in [-0.05, 0) is 68.7 Å². The molecule has 65 heavy (non-hydrogen) atoms. The lowest BCUT2D eigenvalue weighted by Crippen LogP contribution is -2.39. The quantitative estimate of drug-likeness (QED) is 0.0439. The van der Waals surface area contributed by atoms with Crippen molar-refractivity contribution in [2.24, 2.45) is 0 Å². The second-order valence-corrected chi connectivity index (χ2v) is 18.2. The molecule has 1 unspecified atom stereocenters. The zero-order chi connectivity index (χ0) is 46.3. The summed E-state index contributed by atoms with van der Waals surface area (Å²) in [6.45, 7) is 8.39. The molecule has 17 heteroatoms. The van der Waals surface area contributed by atoms with Crippen molar-refractivity contribution in [3.63, 3.8) is 0 Å². The first-order valence-corrected chi connectivity index (χ1v) is 23.2. The third kappa shape index (κ3) is 10.1. The van der Waals surface area contributed by atoms with Crippen molar-refractivity contribution in [1.29, 1.82) is 5.26 Å². The van der Waals surface area contributed by atoms with Crippen LogP contribution in [0.15, 0.2) is 107 Å². The van der Waals surface area contributed by atoms with Crippen molar-refractivity contribution in [2.75, 3.05) is 41.7 Å². The van der Waals surface area contributed by atoms with E-state index in [1.54, 1.807) is 40.6 Å². The predicted molar refractivity (Wildman–Crippen MR) is 250 cm³/mol. The minimum absolute atomic E-state index is 0.0185. The number of rotatable bonds is 20. The summed E-state index contributed by atoms with van der Waals surface area (Å²) in [6, 6.07) is 31.1. The first-order valence-electron chi connectivity index (χ1n) is 21.2. The normalized spacial score (nSPS) is 16.9. The molecule has 0 saturated carbocycles. The minimum Gasteiger partial charge on any atom is -0.497 e. The van der Waals surface area contributed by atoms with Crippen molar-refractivity contribution < 1.29 is 37.5 Å². The molecular formula is C48H54N5O10PS. The number of H-pyrrole nitrogens is 1. The fraction of sp³-hybridized carbons (Fsp3) is 0.375. The summed E-state index contributed by atoms with van der Waals surface area (Å²) >= 11 is 1.28. The Labute approximate surface area is 383 Å². The molecule has 7 rings (SSSR count). The molecule has 0 amide bonds. The van der Waals surface area contributed by atoms with Gasteiger partial charge in [0.05, 0.1) is 76.0 Å². The van der Waals surface area contributed by atoms with Gasteiger partial charge >= 0.3 is 5.69 Å². The van der Waals surface area contributed by atoms with Gasteiger partial charge in [0.25, 0.3) is 14.1 Å². The summed E-state index contributed by atoms with van der Waals surface area (Å²) < 4.78 is 54.0. The molecule has 1 aliphatic rings. The van der Waals surface area contributed by atoms with Crippen molar-refractivity contribution in [3.05, 3.63) is 135 Å². The Balaban J connectivity index is 1.32. The van der Waals surface area contributed by atoms with Crippen LogP contribution in [0.3, 0.4) is 0 Å². The van der Waals surface area contributed by atoms with Crippen LogP contribution in [0.4, 0.5) is 0 Å². The number of ether oxygens (including phenoxy) is 6. The van der Waals surface area contributed by atoms with Gasteiger partial charge in [0.1, 0.15) is 34.4 Å². The van der Waals surface area contributed by atoms with Crippen LogP contribution in [-0.2, 0) is 24.1 Å². The van der Waals surface area contributed by atoms with E-state index in [1.165, 1.54) is 22.1 Å². The summed E-state index contributed by atoms with van der Waals surface area (Å²) in [5.74, 6) is 2.38. The Morgan fingerprint density at radius 3 is 2.05 bits per heavy atom. The van der Waals surface area contributed by atoms with E-state index in [0.29, 0.717) is 33.5 Å². The van der Waals surface area contributed by atoms with E-state index >= 15 is 0 Å². The summed E-state index contributed by atoms with van der Waals surface area (Å²) in [6.07, 6.45) is -0.550. The molecule has 15 nitrogen and oxygen atoms in total. The second-order valence-electron chi connectivity index (χ2n) is 15.8. The van der Waals surface area contributed by atoms with Gasteiger partial charge in [-0.3, -0.25) is 14.3 Å². The average Bonchev–Trinajstić information content (AvgIpc) is 3.92. The number of aromatic nitrogens is 3. The number of fused-ring (bicyclic) bond motifs is 1. The number of thiazole rings is 1. The monoisotopic (exact) mass is 923 g/mol. The van der Waals surface area contributed by atoms with Crippen LogP contribution < -0.4 is 30.2 Å². The van der Waals surface area contributed by atoms with Gasteiger partial charge in [-0.25, -0.2) is 14.4 Å². The smallest absolute Gasteiger partial charge is 0.330 e. The van der Waals surface area contributed by atoms with Crippen molar-refractivity contribution in [3.8, 4) is 39.6 Å². The zero-order valence-corrected chi connectivity index (χ0v) is 39.4. The van der Waals surface area contributed by atoms with E-state index in [4.69, 9.17) is 42.5 Å². The molecule has 4 atom stereocenters. The molecule has 1 fully saturated rings. The van der Waals surface area contributed by atoms with Gasteiger partial charge < -0.3 is 37.5 Å². The third-order valence-electron chi connectivity index (χ3n) is 11.1. The van der Waals surface area contributed by atoms with Crippen molar-refractivity contribution in [2.45, 2.75) is 76.7 Å². The molecule has 1 saturated heterocycles. The van der Waals surface area contributed by atoms with Gasteiger partial charge in [-0.2, -0.15) is 5.26 Å². The fourth-order valence-corrected chi connectivity index (χ4v) is 10.8. The van der Waals surface area contributed by atoms with Crippen LogP contribution in [0.1, 0.15) is 63.5 Å². The third-order valence-corrected chi connectivity index (χ3v) is 14.3. The van der Waals surface area contributed by atoms with Gasteiger partial charge in [-0.15, -0.1) is 11.3 Å². The van der Waals surface area contributed by atoms with E-state index in [1.807, 2.05) is 78.9 Å². The Hall–Kier alpha value is -5.63. The second kappa shape index (κ2) is 21.1. The molecule has 0 radical (unpaired) electrons. The number of nitriles is 1. The first kappa shape index (κ1) is 47.3. The summed E-state index contributed by atoms with van der Waals surface area (Å²) in [4.78, 5) is 34.6. The fourth-order valence-electron chi connectivity index (χ4n) is 8.05. The lowest BCUT2D eigenvalue weighted by molar-refractivity contribution is -0.0925. The molecule has 0 aliphatic carbocycles. The number of benzene rings is 4. The van der Waals surface area contributed by atoms with Crippen LogP contribution in [0.5, 0.6) is 23.0 Å². The highest BCUT2D eigenvalue weighted by molar-refractivity contribution is 7.44. The average molecular weight is 924 g/mol. The molecule has 6 aromatic rings. The van der Waals surface area contributed by atoms with Crippen LogP contribution in [-0.4, -0.2) is 85.2 Å². The lowest BCUT2D eigenvalue weighted by Gasteiger charge is -2.39. The minimum atomic E-state index is -1.75. The molecule has 4 aromatic carbocycles. The number of nitrogens with zero attached hydrogens (tertiary/aromatic N) is 4. The SMILES string of the molecule is COc1ccc(C(OC[C@H]2O[C@@H](n3cc(-c4nc5cc(OC)c(OC)cc5s4)c(=O)[nH]c3=O)C[C@@H]2OP(OCCC#N)N(C(C)C)C(C)C)(c2ccccc2)c2ccc(OC)cc2)cc1. The highest BCUT2D eigenvalue weighted by atomic mass is 32.1. The highest BCUT2D eigenvalue weighted by Crippen LogP contribution is 2.51. The van der Waals surface area contributed by atoms with Crippen molar-refractivity contribution >= 4 is 30.1 Å². The van der Waals surface area contributed by atoms with Gasteiger partial charge in [0.2, 0.25) is 0 Å². The van der Waals surface area contributed by atoms with Crippen LogP contribution in [0, 0.1) is 11.3 Å². The number of methoxy groups -OCH3 is 4.